The van der Waals surface area contributed by atoms with Crippen molar-refractivity contribution < 1.29 is 13.2 Å². The first-order valence-corrected chi connectivity index (χ1v) is 12.1. The zero-order chi connectivity index (χ0) is 21.1. The van der Waals surface area contributed by atoms with Crippen molar-refractivity contribution in [1.82, 2.24) is 14.5 Å². The van der Waals surface area contributed by atoms with E-state index in [0.29, 0.717) is 18.7 Å². The molecule has 0 bridgehead atoms. The number of hydrogen-bond acceptors (Lipinski definition) is 4. The van der Waals surface area contributed by atoms with Gasteiger partial charge in [0.1, 0.15) is 0 Å². The highest BCUT2D eigenvalue weighted by molar-refractivity contribution is 7.89. The standard InChI is InChI=1S/C23H29N3O3S/c1-18-8-11-21(30(28,29)24-20-9-10-20)16-22(18)23(27)26-13-5-12-25(14-15-26)17-19-6-3-2-4-7-19/h2-4,6-8,11,16,20,24H,5,9-10,12-15,17H2,1H3. The van der Waals surface area contributed by atoms with Gasteiger partial charge in [0.2, 0.25) is 10.0 Å². The molecule has 160 valence electrons. The lowest BCUT2D eigenvalue weighted by Gasteiger charge is -2.23. The van der Waals surface area contributed by atoms with Crippen molar-refractivity contribution in [2.45, 2.75) is 43.7 Å². The lowest BCUT2D eigenvalue weighted by atomic mass is 10.1. The summed E-state index contributed by atoms with van der Waals surface area (Å²) < 4.78 is 27.8. The molecule has 0 aromatic heterocycles. The lowest BCUT2D eigenvalue weighted by molar-refractivity contribution is 0.0760. The van der Waals surface area contributed by atoms with Crippen LogP contribution >= 0.6 is 0 Å². The molecule has 1 heterocycles. The highest BCUT2D eigenvalue weighted by Crippen LogP contribution is 2.24. The molecule has 2 fully saturated rings. The number of nitrogens with zero attached hydrogens (tertiary/aromatic N) is 2. The Morgan fingerprint density at radius 2 is 1.80 bits per heavy atom. The third kappa shape index (κ3) is 5.09. The van der Waals surface area contributed by atoms with Crippen LogP contribution in [-0.2, 0) is 16.6 Å². The van der Waals surface area contributed by atoms with Crippen LogP contribution in [0.4, 0.5) is 0 Å². The predicted octanol–water partition coefficient (Wildman–Crippen LogP) is 2.78. The quantitative estimate of drug-likeness (QED) is 0.770. The number of nitrogens with one attached hydrogen (secondary N) is 1. The molecular weight excluding hydrogens is 398 g/mol. The van der Waals surface area contributed by atoms with Crippen molar-refractivity contribution in [3.05, 3.63) is 65.2 Å². The minimum absolute atomic E-state index is 0.0386. The van der Waals surface area contributed by atoms with Gasteiger partial charge < -0.3 is 4.90 Å². The lowest BCUT2D eigenvalue weighted by Crippen LogP contribution is -2.35. The number of hydrogen-bond donors (Lipinski definition) is 1. The van der Waals surface area contributed by atoms with Crippen LogP contribution in [0.2, 0.25) is 0 Å². The molecule has 2 aliphatic rings. The maximum atomic E-state index is 13.2. The van der Waals surface area contributed by atoms with Crippen molar-refractivity contribution >= 4 is 15.9 Å². The molecule has 1 aliphatic heterocycles. The average Bonchev–Trinajstić information content (AvgIpc) is 3.56. The van der Waals surface area contributed by atoms with Crippen molar-refractivity contribution in [3.63, 3.8) is 0 Å². The summed E-state index contributed by atoms with van der Waals surface area (Å²) in [7, 11) is -3.58. The molecule has 7 heteroatoms. The van der Waals surface area contributed by atoms with E-state index in [-0.39, 0.29) is 16.8 Å². The Balaban J connectivity index is 1.45. The Morgan fingerprint density at radius 3 is 2.53 bits per heavy atom. The van der Waals surface area contributed by atoms with Gasteiger partial charge in [-0.1, -0.05) is 36.4 Å². The van der Waals surface area contributed by atoms with Crippen molar-refractivity contribution in [1.29, 1.82) is 0 Å². The number of benzene rings is 2. The molecule has 0 spiro atoms. The van der Waals surface area contributed by atoms with E-state index in [1.54, 1.807) is 12.1 Å². The zero-order valence-corrected chi connectivity index (χ0v) is 18.2. The Bertz CT molecular complexity index is 1000. The third-order valence-corrected chi connectivity index (χ3v) is 7.29. The monoisotopic (exact) mass is 427 g/mol. The van der Waals surface area contributed by atoms with Gasteiger partial charge in [0.15, 0.2) is 0 Å². The molecule has 30 heavy (non-hydrogen) atoms. The molecule has 2 aromatic rings. The molecule has 0 atom stereocenters. The summed E-state index contributed by atoms with van der Waals surface area (Å²) in [6.07, 6.45) is 2.66. The fraction of sp³-hybridized carbons (Fsp3) is 0.435. The van der Waals surface area contributed by atoms with Crippen LogP contribution in [0.25, 0.3) is 0 Å². The van der Waals surface area contributed by atoms with Gasteiger partial charge in [0, 0.05) is 44.3 Å². The highest BCUT2D eigenvalue weighted by atomic mass is 32.2. The van der Waals surface area contributed by atoms with Crippen molar-refractivity contribution in [3.8, 4) is 0 Å². The molecular formula is C23H29N3O3S. The Morgan fingerprint density at radius 1 is 1.03 bits per heavy atom. The predicted molar refractivity (Wildman–Crippen MR) is 117 cm³/mol. The van der Waals surface area contributed by atoms with Crippen LogP contribution in [0, 0.1) is 6.92 Å². The Kier molecular flexibility index (Phi) is 6.22. The molecule has 6 nitrogen and oxygen atoms in total. The number of amides is 1. The highest BCUT2D eigenvalue weighted by Gasteiger charge is 2.29. The molecule has 1 saturated heterocycles. The topological polar surface area (TPSA) is 69.7 Å². The van der Waals surface area contributed by atoms with Gasteiger partial charge in [-0.05, 0) is 49.4 Å². The molecule has 1 N–H and O–H groups in total. The average molecular weight is 428 g/mol. The van der Waals surface area contributed by atoms with E-state index in [0.717, 1.165) is 44.5 Å². The summed E-state index contributed by atoms with van der Waals surface area (Å²) in [5.41, 5.74) is 2.55. The summed E-state index contributed by atoms with van der Waals surface area (Å²) >= 11 is 0. The van der Waals surface area contributed by atoms with E-state index < -0.39 is 10.0 Å². The number of rotatable bonds is 6. The molecule has 1 aliphatic carbocycles. The minimum atomic E-state index is -3.58. The van der Waals surface area contributed by atoms with Crippen LogP contribution in [0.15, 0.2) is 53.4 Å². The molecule has 1 amide bonds. The van der Waals surface area contributed by atoms with Crippen LogP contribution in [0.5, 0.6) is 0 Å². The molecule has 0 unspecified atom stereocenters. The smallest absolute Gasteiger partial charge is 0.254 e. The van der Waals surface area contributed by atoms with Gasteiger partial charge >= 0.3 is 0 Å². The first kappa shape index (κ1) is 21.0. The first-order chi connectivity index (χ1) is 14.4. The minimum Gasteiger partial charge on any atom is -0.337 e. The van der Waals surface area contributed by atoms with E-state index in [4.69, 9.17) is 0 Å². The first-order valence-electron chi connectivity index (χ1n) is 10.6. The Labute approximate surface area is 178 Å². The van der Waals surface area contributed by atoms with Crippen LogP contribution in [-0.4, -0.2) is 56.3 Å². The van der Waals surface area contributed by atoms with Gasteiger partial charge in [-0.25, -0.2) is 13.1 Å². The summed E-state index contributed by atoms with van der Waals surface area (Å²) in [4.78, 5) is 17.6. The second-order valence-corrected chi connectivity index (χ2v) is 9.99. The Hall–Kier alpha value is -2.22. The van der Waals surface area contributed by atoms with Crippen LogP contribution < -0.4 is 4.72 Å². The van der Waals surface area contributed by atoms with Gasteiger partial charge in [-0.2, -0.15) is 0 Å². The summed E-state index contributed by atoms with van der Waals surface area (Å²) in [6, 6.07) is 15.2. The fourth-order valence-corrected chi connectivity index (χ4v) is 5.16. The number of sulfonamides is 1. The number of aryl methyl sites for hydroxylation is 1. The summed E-state index contributed by atoms with van der Waals surface area (Å²) in [5, 5.41) is 0. The molecule has 2 aromatic carbocycles. The van der Waals surface area contributed by atoms with Crippen molar-refractivity contribution in [2.75, 3.05) is 26.2 Å². The van der Waals surface area contributed by atoms with Gasteiger partial charge in [0.05, 0.1) is 4.90 Å². The maximum absolute atomic E-state index is 13.2. The second kappa shape index (κ2) is 8.88. The molecule has 0 radical (unpaired) electrons. The molecule has 4 rings (SSSR count). The second-order valence-electron chi connectivity index (χ2n) is 8.28. The summed E-state index contributed by atoms with van der Waals surface area (Å²) in [5.74, 6) is -0.0856. The number of carbonyl (C=O) groups is 1. The van der Waals surface area contributed by atoms with Crippen LogP contribution in [0.1, 0.15) is 40.7 Å². The van der Waals surface area contributed by atoms with E-state index in [2.05, 4.69) is 21.8 Å². The van der Waals surface area contributed by atoms with Crippen LogP contribution in [0.3, 0.4) is 0 Å². The summed E-state index contributed by atoms with van der Waals surface area (Å²) in [6.45, 7) is 5.81. The van der Waals surface area contributed by atoms with E-state index in [1.165, 1.54) is 11.6 Å². The SMILES string of the molecule is Cc1ccc(S(=O)(=O)NC2CC2)cc1C(=O)N1CCCN(Cc2ccccc2)CC1. The fourth-order valence-electron chi connectivity index (χ4n) is 3.83. The van der Waals surface area contributed by atoms with E-state index in [1.807, 2.05) is 30.0 Å². The van der Waals surface area contributed by atoms with E-state index >= 15 is 0 Å². The van der Waals surface area contributed by atoms with E-state index in [9.17, 15) is 13.2 Å². The van der Waals surface area contributed by atoms with Gasteiger partial charge in [-0.3, -0.25) is 9.69 Å². The molecule has 1 saturated carbocycles. The van der Waals surface area contributed by atoms with Gasteiger partial charge in [-0.15, -0.1) is 0 Å². The largest absolute Gasteiger partial charge is 0.337 e. The van der Waals surface area contributed by atoms with Crippen molar-refractivity contribution in [2.24, 2.45) is 0 Å². The maximum Gasteiger partial charge on any atom is 0.254 e. The zero-order valence-electron chi connectivity index (χ0n) is 17.4. The normalized spacial score (nSPS) is 18.2. The van der Waals surface area contributed by atoms with Gasteiger partial charge in [0.25, 0.3) is 5.91 Å². The number of carbonyl (C=O) groups excluding carboxylic acids is 1. The third-order valence-electron chi connectivity index (χ3n) is 5.77.